The Balaban J connectivity index is 3.06. The van der Waals surface area contributed by atoms with Gasteiger partial charge in [0.15, 0.2) is 5.84 Å². The molecule has 0 spiro atoms. The van der Waals surface area contributed by atoms with Crippen LogP contribution in [0.3, 0.4) is 0 Å². The highest BCUT2D eigenvalue weighted by atomic mass is 15.3. The molecule has 0 aliphatic carbocycles. The fourth-order valence-corrected chi connectivity index (χ4v) is 1.17. The number of aromatic nitrogens is 2. The van der Waals surface area contributed by atoms with Crippen molar-refractivity contribution in [2.45, 2.75) is 13.3 Å². The van der Waals surface area contributed by atoms with Gasteiger partial charge < -0.3 is 5.43 Å². The van der Waals surface area contributed by atoms with Crippen LogP contribution < -0.4 is 11.3 Å². The summed E-state index contributed by atoms with van der Waals surface area (Å²) in [6, 6.07) is 1.97. The molecule has 0 fully saturated rings. The first-order valence-corrected chi connectivity index (χ1v) is 4.19. The molecule has 0 aromatic carbocycles. The van der Waals surface area contributed by atoms with Crippen molar-refractivity contribution in [1.82, 2.24) is 15.2 Å². The summed E-state index contributed by atoms with van der Waals surface area (Å²) >= 11 is 0. The molecule has 0 aliphatic heterocycles. The van der Waals surface area contributed by atoms with E-state index in [0.29, 0.717) is 5.84 Å². The summed E-state index contributed by atoms with van der Waals surface area (Å²) in [6.45, 7) is 2.06. The molecule has 72 valence electrons. The minimum atomic E-state index is 0.648. The zero-order valence-corrected chi connectivity index (χ0v) is 8.20. The van der Waals surface area contributed by atoms with E-state index in [4.69, 9.17) is 5.84 Å². The average Bonchev–Trinajstić information content (AvgIpc) is 2.50. The number of aliphatic imine (C=N–C) groups is 1. The quantitative estimate of drug-likeness (QED) is 0.288. The number of hydrogen-bond acceptors (Lipinski definition) is 3. The van der Waals surface area contributed by atoms with Crippen LogP contribution in [0, 0.1) is 0 Å². The predicted molar refractivity (Wildman–Crippen MR) is 52.4 cm³/mol. The van der Waals surface area contributed by atoms with E-state index in [9.17, 15) is 0 Å². The first-order chi connectivity index (χ1) is 6.22. The maximum Gasteiger partial charge on any atom is 0.160 e. The summed E-state index contributed by atoms with van der Waals surface area (Å²) in [5.74, 6) is 5.96. The molecule has 0 saturated carbocycles. The van der Waals surface area contributed by atoms with Gasteiger partial charge in [0.25, 0.3) is 0 Å². The predicted octanol–water partition coefficient (Wildman–Crippen LogP) is -0.178. The molecular formula is C8H15N5. The highest BCUT2D eigenvalue weighted by Crippen LogP contribution is 2.03. The van der Waals surface area contributed by atoms with E-state index in [2.05, 4.69) is 22.4 Å². The third kappa shape index (κ3) is 1.86. The SMILES string of the molecule is CCc1cc(C(=NC)NN)n(C)n1. The van der Waals surface area contributed by atoms with Crippen LogP contribution in [0.25, 0.3) is 0 Å². The van der Waals surface area contributed by atoms with E-state index in [-0.39, 0.29) is 0 Å². The van der Waals surface area contributed by atoms with E-state index < -0.39 is 0 Å². The molecule has 0 saturated heterocycles. The zero-order valence-electron chi connectivity index (χ0n) is 8.20. The number of amidine groups is 1. The van der Waals surface area contributed by atoms with Gasteiger partial charge in [-0.25, -0.2) is 5.84 Å². The van der Waals surface area contributed by atoms with Crippen molar-refractivity contribution in [3.05, 3.63) is 17.5 Å². The molecule has 1 heterocycles. The Morgan fingerprint density at radius 1 is 1.77 bits per heavy atom. The van der Waals surface area contributed by atoms with Crippen LogP contribution in [0.5, 0.6) is 0 Å². The lowest BCUT2D eigenvalue weighted by molar-refractivity contribution is 0.734. The molecule has 1 aromatic rings. The molecule has 0 atom stereocenters. The first-order valence-electron chi connectivity index (χ1n) is 4.19. The van der Waals surface area contributed by atoms with Crippen LogP contribution in [0.4, 0.5) is 0 Å². The summed E-state index contributed by atoms with van der Waals surface area (Å²) in [4.78, 5) is 4.00. The smallest absolute Gasteiger partial charge is 0.160 e. The number of rotatable bonds is 2. The average molecular weight is 181 g/mol. The molecule has 0 bridgehead atoms. The van der Waals surface area contributed by atoms with Crippen molar-refractivity contribution in [2.24, 2.45) is 17.9 Å². The lowest BCUT2D eigenvalue weighted by Gasteiger charge is -2.03. The molecule has 0 aliphatic rings. The van der Waals surface area contributed by atoms with Gasteiger partial charge >= 0.3 is 0 Å². The largest absolute Gasteiger partial charge is 0.307 e. The van der Waals surface area contributed by atoms with Gasteiger partial charge in [-0.3, -0.25) is 9.67 Å². The lowest BCUT2D eigenvalue weighted by atomic mass is 10.3. The van der Waals surface area contributed by atoms with Crippen LogP contribution >= 0.6 is 0 Å². The normalized spacial score (nSPS) is 11.8. The zero-order chi connectivity index (χ0) is 9.84. The van der Waals surface area contributed by atoms with Crippen LogP contribution in [0.15, 0.2) is 11.1 Å². The van der Waals surface area contributed by atoms with Crippen molar-refractivity contribution >= 4 is 5.84 Å². The van der Waals surface area contributed by atoms with Gasteiger partial charge in [-0.05, 0) is 12.5 Å². The minimum Gasteiger partial charge on any atom is -0.307 e. The van der Waals surface area contributed by atoms with E-state index in [0.717, 1.165) is 17.8 Å². The Bertz CT molecular complexity index is 312. The van der Waals surface area contributed by atoms with Crippen LogP contribution in [-0.4, -0.2) is 22.7 Å². The topological polar surface area (TPSA) is 68.2 Å². The van der Waals surface area contributed by atoms with Gasteiger partial charge in [0.2, 0.25) is 0 Å². The molecular weight excluding hydrogens is 166 g/mol. The third-order valence-electron chi connectivity index (χ3n) is 1.90. The van der Waals surface area contributed by atoms with Crippen molar-refractivity contribution in [3.63, 3.8) is 0 Å². The number of nitrogens with one attached hydrogen (secondary N) is 1. The first kappa shape index (κ1) is 9.73. The van der Waals surface area contributed by atoms with Crippen LogP contribution in [0.2, 0.25) is 0 Å². The number of hydrazine groups is 1. The van der Waals surface area contributed by atoms with E-state index in [1.54, 1.807) is 11.7 Å². The van der Waals surface area contributed by atoms with Crippen molar-refractivity contribution < 1.29 is 0 Å². The molecule has 1 rings (SSSR count). The van der Waals surface area contributed by atoms with Gasteiger partial charge in [-0.1, -0.05) is 6.92 Å². The standard InChI is InChI=1S/C8H15N5/c1-4-6-5-7(13(3)12-6)8(10-2)11-9/h5H,4,9H2,1-3H3,(H,10,11). The van der Waals surface area contributed by atoms with Gasteiger partial charge in [0.1, 0.15) is 5.69 Å². The summed E-state index contributed by atoms with van der Waals surface area (Å²) < 4.78 is 1.76. The van der Waals surface area contributed by atoms with Crippen molar-refractivity contribution in [1.29, 1.82) is 0 Å². The Hall–Kier alpha value is -1.36. The molecule has 3 N–H and O–H groups in total. The number of nitrogens with two attached hydrogens (primary N) is 1. The fraction of sp³-hybridized carbons (Fsp3) is 0.500. The molecule has 1 aromatic heterocycles. The molecule has 0 amide bonds. The number of nitrogens with zero attached hydrogens (tertiary/aromatic N) is 3. The van der Waals surface area contributed by atoms with Crippen molar-refractivity contribution in [2.75, 3.05) is 7.05 Å². The third-order valence-corrected chi connectivity index (χ3v) is 1.90. The number of aryl methyl sites for hydroxylation is 2. The van der Waals surface area contributed by atoms with Gasteiger partial charge in [-0.2, -0.15) is 5.10 Å². The van der Waals surface area contributed by atoms with Crippen LogP contribution in [0.1, 0.15) is 18.3 Å². The Morgan fingerprint density at radius 3 is 2.85 bits per heavy atom. The van der Waals surface area contributed by atoms with E-state index in [1.165, 1.54) is 0 Å². The maximum absolute atomic E-state index is 5.31. The molecule has 0 unspecified atom stereocenters. The lowest BCUT2D eigenvalue weighted by Crippen LogP contribution is -2.32. The summed E-state index contributed by atoms with van der Waals surface area (Å²) in [7, 11) is 3.56. The maximum atomic E-state index is 5.31. The summed E-state index contributed by atoms with van der Waals surface area (Å²) in [6.07, 6.45) is 0.912. The Labute approximate surface area is 77.6 Å². The Kier molecular flexibility index (Phi) is 3.02. The van der Waals surface area contributed by atoms with Gasteiger partial charge in [0.05, 0.1) is 5.69 Å². The highest BCUT2D eigenvalue weighted by Gasteiger charge is 2.08. The summed E-state index contributed by atoms with van der Waals surface area (Å²) in [5, 5.41) is 4.29. The van der Waals surface area contributed by atoms with Crippen LogP contribution in [-0.2, 0) is 13.5 Å². The second kappa shape index (κ2) is 4.04. The fourth-order valence-electron chi connectivity index (χ4n) is 1.17. The molecule has 13 heavy (non-hydrogen) atoms. The monoisotopic (exact) mass is 181 g/mol. The summed E-state index contributed by atoms with van der Waals surface area (Å²) in [5.41, 5.74) is 4.48. The second-order valence-electron chi connectivity index (χ2n) is 2.71. The highest BCUT2D eigenvalue weighted by molar-refractivity contribution is 5.96. The van der Waals surface area contributed by atoms with Gasteiger partial charge in [0, 0.05) is 14.1 Å². The van der Waals surface area contributed by atoms with E-state index in [1.807, 2.05) is 13.1 Å². The van der Waals surface area contributed by atoms with E-state index >= 15 is 0 Å². The number of hydrogen-bond donors (Lipinski definition) is 2. The van der Waals surface area contributed by atoms with Gasteiger partial charge in [-0.15, -0.1) is 0 Å². The van der Waals surface area contributed by atoms with Crippen molar-refractivity contribution in [3.8, 4) is 0 Å². The minimum absolute atomic E-state index is 0.648. The Morgan fingerprint density at radius 2 is 2.46 bits per heavy atom. The molecule has 5 heteroatoms. The molecule has 0 radical (unpaired) electrons. The molecule has 5 nitrogen and oxygen atoms in total. The second-order valence-corrected chi connectivity index (χ2v) is 2.71.